The van der Waals surface area contributed by atoms with E-state index < -0.39 is 0 Å². The van der Waals surface area contributed by atoms with Crippen molar-refractivity contribution < 1.29 is 4.42 Å². The van der Waals surface area contributed by atoms with E-state index in [-0.39, 0.29) is 5.92 Å². The molecule has 0 aliphatic heterocycles. The molecular formula is C58H41N3O. The SMILES string of the molecule is C\C=C/C=c1/oc2ccc(-c3ccc4c(c3)c3ccccc3n4-c3ccccc3)cc2/c1=C1/C=CC(c2nc3c4ccccc4c4ccccc4c3n2-c2ccccc2)=CC1C. The first-order valence-corrected chi connectivity index (χ1v) is 21.4. The van der Waals surface area contributed by atoms with E-state index in [0.717, 1.165) is 66.4 Å². The van der Waals surface area contributed by atoms with Crippen LogP contribution in [0.5, 0.6) is 0 Å². The Morgan fingerprint density at radius 1 is 0.548 bits per heavy atom. The number of allylic oxidation sites excluding steroid dienone is 6. The highest BCUT2D eigenvalue weighted by molar-refractivity contribution is 6.24. The number of furan rings is 1. The first-order valence-electron chi connectivity index (χ1n) is 21.4. The van der Waals surface area contributed by atoms with Crippen molar-refractivity contribution in [2.75, 3.05) is 0 Å². The van der Waals surface area contributed by atoms with Crippen LogP contribution in [0.2, 0.25) is 0 Å². The third kappa shape index (κ3) is 5.57. The Labute approximate surface area is 358 Å². The molecule has 294 valence electrons. The monoisotopic (exact) mass is 795 g/mol. The molecule has 3 aromatic heterocycles. The number of fused-ring (bicyclic) bond motifs is 10. The maximum atomic E-state index is 6.68. The molecule has 0 bridgehead atoms. The van der Waals surface area contributed by atoms with E-state index in [2.05, 4.69) is 216 Å². The molecule has 0 N–H and O–H groups in total. The van der Waals surface area contributed by atoms with Crippen molar-refractivity contribution in [3.8, 4) is 22.5 Å². The molecule has 11 aromatic rings. The highest BCUT2D eigenvalue weighted by atomic mass is 16.3. The van der Waals surface area contributed by atoms with Gasteiger partial charge in [0.2, 0.25) is 0 Å². The molecule has 0 radical (unpaired) electrons. The number of para-hydroxylation sites is 3. The van der Waals surface area contributed by atoms with Crippen molar-refractivity contribution in [3.63, 3.8) is 0 Å². The molecule has 8 aromatic carbocycles. The van der Waals surface area contributed by atoms with Crippen LogP contribution in [0.15, 0.2) is 205 Å². The van der Waals surface area contributed by atoms with Crippen molar-refractivity contribution in [1.82, 2.24) is 14.1 Å². The second-order valence-corrected chi connectivity index (χ2v) is 16.3. The molecule has 12 rings (SSSR count). The van der Waals surface area contributed by atoms with Gasteiger partial charge in [-0.25, -0.2) is 4.98 Å². The van der Waals surface area contributed by atoms with Gasteiger partial charge in [0.15, 0.2) is 0 Å². The van der Waals surface area contributed by atoms with Crippen molar-refractivity contribution in [3.05, 3.63) is 217 Å². The predicted molar refractivity (Wildman–Crippen MR) is 260 cm³/mol. The lowest BCUT2D eigenvalue weighted by atomic mass is 9.89. The van der Waals surface area contributed by atoms with Crippen molar-refractivity contribution in [1.29, 1.82) is 0 Å². The van der Waals surface area contributed by atoms with Gasteiger partial charge in [0, 0.05) is 55.0 Å². The van der Waals surface area contributed by atoms with Crippen LogP contribution in [-0.2, 0) is 0 Å². The molecule has 0 fully saturated rings. The van der Waals surface area contributed by atoms with Crippen LogP contribution in [0.4, 0.5) is 0 Å². The van der Waals surface area contributed by atoms with Crippen LogP contribution < -0.4 is 10.6 Å². The topological polar surface area (TPSA) is 35.9 Å². The lowest BCUT2D eigenvalue weighted by molar-refractivity contribution is 0.575. The summed E-state index contributed by atoms with van der Waals surface area (Å²) in [6.07, 6.45) is 13.1. The quantitative estimate of drug-likeness (QED) is 0.163. The van der Waals surface area contributed by atoms with Gasteiger partial charge in [-0.2, -0.15) is 0 Å². The maximum absolute atomic E-state index is 6.68. The van der Waals surface area contributed by atoms with E-state index in [4.69, 9.17) is 9.40 Å². The Bertz CT molecular complexity index is 3820. The number of hydrogen-bond donors (Lipinski definition) is 0. The Hall–Kier alpha value is -7.95. The molecule has 4 heteroatoms. The van der Waals surface area contributed by atoms with Crippen LogP contribution in [0.25, 0.3) is 105 Å². The van der Waals surface area contributed by atoms with Crippen LogP contribution in [-0.4, -0.2) is 14.1 Å². The summed E-state index contributed by atoms with van der Waals surface area (Å²) in [5.41, 5.74) is 13.1. The Morgan fingerprint density at radius 2 is 1.15 bits per heavy atom. The van der Waals surface area contributed by atoms with E-state index >= 15 is 0 Å². The summed E-state index contributed by atoms with van der Waals surface area (Å²) in [7, 11) is 0. The standard InChI is InChI=1S/C58H41N3O/c1-3-4-27-54-55(50-36-39(30-33-53(50)62-54)38-29-32-52-49(35-38)46-23-15-16-26-51(46)60(52)41-17-7-5-8-18-41)43-31-28-40(34-37(43)2)58-59-56-47-24-13-11-21-44(47)45-22-12-14-25-48(45)57(56)61(58)42-19-9-6-10-20-42/h3-37H,1-2H3/b4-3-,54-27+,55-43+. The van der Waals surface area contributed by atoms with Crippen LogP contribution >= 0.6 is 0 Å². The van der Waals surface area contributed by atoms with E-state index in [1.54, 1.807) is 0 Å². The summed E-state index contributed by atoms with van der Waals surface area (Å²) < 4.78 is 11.4. The summed E-state index contributed by atoms with van der Waals surface area (Å²) in [6.45, 7) is 4.33. The lowest BCUT2D eigenvalue weighted by Crippen LogP contribution is -2.25. The van der Waals surface area contributed by atoms with Crippen molar-refractivity contribution in [2.45, 2.75) is 13.8 Å². The van der Waals surface area contributed by atoms with E-state index in [0.29, 0.717) is 0 Å². The average molecular weight is 796 g/mol. The number of imidazole rings is 1. The van der Waals surface area contributed by atoms with Crippen LogP contribution in [0.1, 0.15) is 19.7 Å². The number of hydrogen-bond acceptors (Lipinski definition) is 2. The zero-order valence-corrected chi connectivity index (χ0v) is 34.5. The summed E-state index contributed by atoms with van der Waals surface area (Å²) >= 11 is 0. The van der Waals surface area contributed by atoms with Crippen LogP contribution in [0.3, 0.4) is 0 Å². The van der Waals surface area contributed by atoms with Gasteiger partial charge in [0.05, 0.1) is 22.1 Å². The predicted octanol–water partition coefficient (Wildman–Crippen LogP) is 13.6. The summed E-state index contributed by atoms with van der Waals surface area (Å²) in [4.78, 5) is 5.52. The van der Waals surface area contributed by atoms with Gasteiger partial charge in [0.1, 0.15) is 16.8 Å². The molecule has 0 saturated heterocycles. The zero-order chi connectivity index (χ0) is 41.3. The fourth-order valence-electron chi connectivity index (χ4n) is 9.84. The molecule has 0 saturated carbocycles. The lowest BCUT2D eigenvalue weighted by Gasteiger charge is -2.18. The molecule has 0 amide bonds. The Kier molecular flexibility index (Phi) is 8.32. The third-order valence-electron chi connectivity index (χ3n) is 12.6. The number of benzene rings is 8. The smallest absolute Gasteiger partial charge is 0.145 e. The van der Waals surface area contributed by atoms with Gasteiger partial charge in [-0.15, -0.1) is 0 Å². The average Bonchev–Trinajstić information content (AvgIpc) is 4.01. The molecular weight excluding hydrogens is 755 g/mol. The Balaban J connectivity index is 1.04. The minimum atomic E-state index is 0.0650. The molecule has 1 aliphatic carbocycles. The second kappa shape index (κ2) is 14.4. The van der Waals surface area contributed by atoms with E-state index in [9.17, 15) is 0 Å². The highest BCUT2D eigenvalue weighted by Gasteiger charge is 2.24. The molecule has 3 heterocycles. The Morgan fingerprint density at radius 3 is 1.87 bits per heavy atom. The van der Waals surface area contributed by atoms with Gasteiger partial charge < -0.3 is 8.98 Å². The normalized spacial score (nSPS) is 15.7. The second-order valence-electron chi connectivity index (χ2n) is 16.3. The van der Waals surface area contributed by atoms with E-state index in [1.807, 2.05) is 13.0 Å². The first-order chi connectivity index (χ1) is 30.6. The molecule has 1 unspecified atom stereocenters. The minimum absolute atomic E-state index is 0.0650. The van der Waals surface area contributed by atoms with Crippen molar-refractivity contribution >= 4 is 82.6 Å². The number of aromatic nitrogens is 3. The fraction of sp³-hybridized carbons (Fsp3) is 0.0517. The summed E-state index contributed by atoms with van der Waals surface area (Å²) in [6, 6.07) is 60.9. The zero-order valence-electron chi connectivity index (χ0n) is 34.5. The van der Waals surface area contributed by atoms with Gasteiger partial charge in [0.25, 0.3) is 0 Å². The number of rotatable bonds is 5. The molecule has 1 aliphatic rings. The minimum Gasteiger partial charge on any atom is -0.456 e. The first kappa shape index (κ1) is 35.9. The van der Waals surface area contributed by atoms with Gasteiger partial charge >= 0.3 is 0 Å². The van der Waals surface area contributed by atoms with E-state index in [1.165, 1.54) is 49.1 Å². The molecule has 1 atom stereocenters. The molecule has 62 heavy (non-hydrogen) atoms. The fourth-order valence-corrected chi connectivity index (χ4v) is 9.84. The molecule has 4 nitrogen and oxygen atoms in total. The summed E-state index contributed by atoms with van der Waals surface area (Å²) in [5, 5.41) is 9.48. The van der Waals surface area contributed by atoms with Gasteiger partial charge in [-0.05, 0) is 95.1 Å². The highest BCUT2D eigenvalue weighted by Crippen LogP contribution is 2.40. The third-order valence-corrected chi connectivity index (χ3v) is 12.6. The molecule has 0 spiro atoms. The van der Waals surface area contributed by atoms with Gasteiger partial charge in [-0.1, -0.05) is 153 Å². The summed E-state index contributed by atoms with van der Waals surface area (Å²) in [5.74, 6) is 0.995. The largest absolute Gasteiger partial charge is 0.456 e. The van der Waals surface area contributed by atoms with Crippen molar-refractivity contribution in [2.24, 2.45) is 5.92 Å². The number of nitrogens with zero attached hydrogens (tertiary/aromatic N) is 3. The van der Waals surface area contributed by atoms with Crippen LogP contribution in [0, 0.1) is 5.92 Å². The van der Waals surface area contributed by atoms with Gasteiger partial charge in [-0.3, -0.25) is 4.57 Å². The maximum Gasteiger partial charge on any atom is 0.145 e.